The van der Waals surface area contributed by atoms with Gasteiger partial charge < -0.3 is 15.4 Å². The number of rotatable bonds is 6. The number of halogens is 6. The number of hydrogen-bond donors (Lipinski definition) is 3. The first-order valence-electron chi connectivity index (χ1n) is 12.1. The number of H-pyrrole nitrogens is 1. The SMILES string of the molecule is O=C(Cc1cccc(C(F)(F)F)c1)Nc1cnn(-c2nc3ccccc3[nH]2)c1.O=C(O)Cc1cccc(C(F)(F)F)c1. The van der Waals surface area contributed by atoms with Gasteiger partial charge >= 0.3 is 18.3 Å². The van der Waals surface area contributed by atoms with Gasteiger partial charge in [-0.15, -0.1) is 0 Å². The fraction of sp³-hybridized carbons (Fsp3) is 0.143. The molecule has 2 aromatic heterocycles. The number of anilines is 1. The molecule has 3 N–H and O–H groups in total. The maximum atomic E-state index is 12.8. The minimum atomic E-state index is -4.44. The number of para-hydroxylation sites is 2. The van der Waals surface area contributed by atoms with Crippen molar-refractivity contribution in [1.82, 2.24) is 19.7 Å². The molecule has 0 saturated heterocycles. The largest absolute Gasteiger partial charge is 0.481 e. The van der Waals surface area contributed by atoms with Gasteiger partial charge in [-0.1, -0.05) is 48.5 Å². The van der Waals surface area contributed by atoms with E-state index in [0.717, 1.165) is 35.3 Å². The second kappa shape index (κ2) is 12.2. The first-order chi connectivity index (χ1) is 19.8. The van der Waals surface area contributed by atoms with Gasteiger partial charge in [-0.2, -0.15) is 31.4 Å². The van der Waals surface area contributed by atoms with Gasteiger partial charge in [0.25, 0.3) is 0 Å². The number of carboxylic acids is 1. The fourth-order valence-electron chi connectivity index (χ4n) is 3.83. The number of imidazole rings is 1. The summed E-state index contributed by atoms with van der Waals surface area (Å²) in [5.41, 5.74) is 0.861. The molecule has 0 aliphatic heterocycles. The molecule has 42 heavy (non-hydrogen) atoms. The highest BCUT2D eigenvalue weighted by molar-refractivity contribution is 5.92. The summed E-state index contributed by atoms with van der Waals surface area (Å²) in [5.74, 6) is -1.10. The standard InChI is InChI=1S/C19H14F3N5O.C9H7F3O2/c20-19(21,22)13-5-3-4-12(8-13)9-17(28)24-14-10-23-27(11-14)18-25-15-6-1-2-7-16(15)26-18;10-9(11,12)7-3-1-2-6(4-7)5-8(13)14/h1-8,10-11H,9H2,(H,24,28)(H,25,26);1-4H,5H2,(H,13,14). The zero-order chi connectivity index (χ0) is 30.5. The highest BCUT2D eigenvalue weighted by Gasteiger charge is 2.31. The minimum absolute atomic E-state index is 0.146. The van der Waals surface area contributed by atoms with E-state index in [1.165, 1.54) is 35.1 Å². The van der Waals surface area contributed by atoms with Gasteiger partial charge in [0.15, 0.2) is 0 Å². The molecule has 2 heterocycles. The Morgan fingerprint density at radius 2 is 1.43 bits per heavy atom. The Morgan fingerprint density at radius 3 is 2.00 bits per heavy atom. The average Bonchev–Trinajstić information content (AvgIpc) is 3.55. The van der Waals surface area contributed by atoms with Crippen LogP contribution in [0, 0.1) is 0 Å². The summed E-state index contributed by atoms with van der Waals surface area (Å²) in [6, 6.07) is 16.5. The molecule has 0 spiro atoms. The smallest absolute Gasteiger partial charge is 0.416 e. The molecule has 0 aliphatic rings. The molecule has 5 rings (SSSR count). The maximum absolute atomic E-state index is 12.8. The van der Waals surface area contributed by atoms with Crippen molar-refractivity contribution in [1.29, 1.82) is 0 Å². The molecule has 0 unspecified atom stereocenters. The predicted molar refractivity (Wildman–Crippen MR) is 140 cm³/mol. The van der Waals surface area contributed by atoms with Crippen LogP contribution in [0.5, 0.6) is 0 Å². The Balaban J connectivity index is 0.000000244. The van der Waals surface area contributed by atoms with Crippen molar-refractivity contribution in [2.45, 2.75) is 25.2 Å². The normalized spacial score (nSPS) is 11.6. The van der Waals surface area contributed by atoms with Crippen LogP contribution in [0.25, 0.3) is 17.0 Å². The summed E-state index contributed by atoms with van der Waals surface area (Å²) in [6.45, 7) is 0. The zero-order valence-electron chi connectivity index (χ0n) is 21.4. The van der Waals surface area contributed by atoms with Crippen LogP contribution in [0.1, 0.15) is 22.3 Å². The molecule has 0 aliphatic carbocycles. The number of fused-ring (bicyclic) bond motifs is 1. The van der Waals surface area contributed by atoms with E-state index < -0.39 is 41.8 Å². The zero-order valence-corrected chi connectivity index (χ0v) is 21.4. The van der Waals surface area contributed by atoms with E-state index in [9.17, 15) is 35.9 Å². The van der Waals surface area contributed by atoms with Crippen LogP contribution >= 0.6 is 0 Å². The number of aromatic amines is 1. The number of amides is 1. The lowest BCUT2D eigenvalue weighted by Gasteiger charge is -2.08. The number of carboxylic acid groups (broad SMARTS) is 1. The lowest BCUT2D eigenvalue weighted by Crippen LogP contribution is -2.14. The second-order valence-electron chi connectivity index (χ2n) is 8.94. The van der Waals surface area contributed by atoms with Crippen molar-refractivity contribution < 1.29 is 41.0 Å². The molecule has 3 aromatic carbocycles. The molecule has 218 valence electrons. The van der Waals surface area contributed by atoms with Crippen LogP contribution in [0.4, 0.5) is 32.0 Å². The van der Waals surface area contributed by atoms with Crippen LogP contribution < -0.4 is 5.32 Å². The molecular formula is C28H21F6N5O3. The molecule has 0 saturated carbocycles. The summed E-state index contributed by atoms with van der Waals surface area (Å²) in [5, 5.41) is 15.2. The number of alkyl halides is 6. The van der Waals surface area contributed by atoms with Gasteiger partial charge in [0.05, 0.1) is 53.1 Å². The molecule has 0 bridgehead atoms. The molecule has 1 amide bonds. The van der Waals surface area contributed by atoms with Gasteiger partial charge in [-0.3, -0.25) is 9.59 Å². The number of aromatic nitrogens is 4. The van der Waals surface area contributed by atoms with E-state index in [1.54, 1.807) is 6.20 Å². The van der Waals surface area contributed by atoms with Crippen molar-refractivity contribution in [2.24, 2.45) is 0 Å². The van der Waals surface area contributed by atoms with Crippen LogP contribution in [0.15, 0.2) is 85.2 Å². The van der Waals surface area contributed by atoms with Crippen molar-refractivity contribution >= 4 is 28.6 Å². The van der Waals surface area contributed by atoms with Crippen molar-refractivity contribution in [3.63, 3.8) is 0 Å². The minimum Gasteiger partial charge on any atom is -0.481 e. The maximum Gasteiger partial charge on any atom is 0.416 e. The van der Waals surface area contributed by atoms with Gasteiger partial charge in [-0.05, 0) is 35.4 Å². The summed E-state index contributed by atoms with van der Waals surface area (Å²) in [7, 11) is 0. The highest BCUT2D eigenvalue weighted by atomic mass is 19.4. The van der Waals surface area contributed by atoms with Gasteiger partial charge in [-0.25, -0.2) is 9.67 Å². The van der Waals surface area contributed by atoms with Crippen LogP contribution in [-0.4, -0.2) is 36.7 Å². The van der Waals surface area contributed by atoms with E-state index in [1.807, 2.05) is 24.3 Å². The number of nitrogens with zero attached hydrogens (tertiary/aromatic N) is 3. The van der Waals surface area contributed by atoms with Crippen LogP contribution in [0.3, 0.4) is 0 Å². The monoisotopic (exact) mass is 589 g/mol. The van der Waals surface area contributed by atoms with E-state index >= 15 is 0 Å². The quantitative estimate of drug-likeness (QED) is 0.202. The number of carbonyl (C=O) groups is 2. The molecule has 0 fully saturated rings. The van der Waals surface area contributed by atoms with Crippen molar-refractivity contribution in [2.75, 3.05) is 5.32 Å². The lowest BCUT2D eigenvalue weighted by molar-refractivity contribution is -0.138. The predicted octanol–water partition coefficient (Wildman–Crippen LogP) is 6.28. The number of benzene rings is 3. The van der Waals surface area contributed by atoms with E-state index in [0.29, 0.717) is 11.6 Å². The molecule has 0 radical (unpaired) electrons. The number of hydrogen-bond acceptors (Lipinski definition) is 4. The Kier molecular flexibility index (Phi) is 8.64. The average molecular weight is 589 g/mol. The van der Waals surface area contributed by atoms with E-state index in [4.69, 9.17) is 5.11 Å². The third kappa shape index (κ3) is 7.96. The third-order valence-electron chi connectivity index (χ3n) is 5.69. The van der Waals surface area contributed by atoms with Crippen LogP contribution in [0.2, 0.25) is 0 Å². The molecule has 8 nitrogen and oxygen atoms in total. The number of nitrogens with one attached hydrogen (secondary N) is 2. The van der Waals surface area contributed by atoms with Gasteiger partial charge in [0.1, 0.15) is 0 Å². The first kappa shape index (κ1) is 29.8. The molecular weight excluding hydrogens is 568 g/mol. The van der Waals surface area contributed by atoms with Gasteiger partial charge in [0.2, 0.25) is 11.9 Å². The Morgan fingerprint density at radius 1 is 0.833 bits per heavy atom. The first-order valence-corrected chi connectivity index (χ1v) is 12.1. The van der Waals surface area contributed by atoms with E-state index in [2.05, 4.69) is 20.4 Å². The van der Waals surface area contributed by atoms with Gasteiger partial charge in [0, 0.05) is 0 Å². The second-order valence-corrected chi connectivity index (χ2v) is 8.94. The number of carbonyl (C=O) groups excluding carboxylic acids is 1. The van der Waals surface area contributed by atoms with Crippen molar-refractivity contribution in [3.05, 3.63) is 107 Å². The summed E-state index contributed by atoms with van der Waals surface area (Å²) in [4.78, 5) is 29.9. The fourth-order valence-corrected chi connectivity index (χ4v) is 3.83. The Hall–Kier alpha value is -5.14. The van der Waals surface area contributed by atoms with Crippen molar-refractivity contribution in [3.8, 4) is 5.95 Å². The molecule has 0 atom stereocenters. The van der Waals surface area contributed by atoms with E-state index in [-0.39, 0.29) is 17.5 Å². The Labute approximate surface area is 233 Å². The highest BCUT2D eigenvalue weighted by Crippen LogP contribution is 2.30. The third-order valence-corrected chi connectivity index (χ3v) is 5.69. The lowest BCUT2D eigenvalue weighted by atomic mass is 10.1. The summed E-state index contributed by atoms with van der Waals surface area (Å²) >= 11 is 0. The summed E-state index contributed by atoms with van der Waals surface area (Å²) in [6.07, 6.45) is -6.43. The molecule has 5 aromatic rings. The number of aliphatic carboxylic acids is 1. The Bertz CT molecular complexity index is 1680. The summed E-state index contributed by atoms with van der Waals surface area (Å²) < 4.78 is 76.3. The topological polar surface area (TPSA) is 113 Å². The van der Waals surface area contributed by atoms with Crippen LogP contribution in [-0.2, 0) is 34.8 Å². The molecule has 14 heteroatoms.